The maximum atomic E-state index is 12.6. The van der Waals surface area contributed by atoms with Gasteiger partial charge in [-0.05, 0) is 24.6 Å². The van der Waals surface area contributed by atoms with E-state index in [1.165, 1.54) is 31.2 Å². The summed E-state index contributed by atoms with van der Waals surface area (Å²) in [6.07, 6.45) is 0.290. The highest BCUT2D eigenvalue weighted by molar-refractivity contribution is 5.98. The van der Waals surface area contributed by atoms with Gasteiger partial charge in [0.25, 0.3) is 5.69 Å². The van der Waals surface area contributed by atoms with Crippen LogP contribution in [0.2, 0.25) is 0 Å². The summed E-state index contributed by atoms with van der Waals surface area (Å²) in [5, 5.41) is 16.0. The molecule has 0 aliphatic carbocycles. The standard InChI is InChI=1S/C18H20N4O4.ClH/c1-12(19)17(23)21-16(11-13-5-3-2-4-6-13)18(24)20-14-7-9-15(10-8-14)22(25)26;/h2-10,12,16H,11,19H2,1H3,(H,20,24)(H,21,23);1H/t12-,16-;/m1./s1. The van der Waals surface area contributed by atoms with Crippen molar-refractivity contribution in [2.24, 2.45) is 5.73 Å². The zero-order chi connectivity index (χ0) is 19.1. The van der Waals surface area contributed by atoms with Crippen molar-refractivity contribution in [1.29, 1.82) is 0 Å². The lowest BCUT2D eigenvalue weighted by Crippen LogP contribution is -2.50. The first-order chi connectivity index (χ1) is 12.4. The summed E-state index contributed by atoms with van der Waals surface area (Å²) in [6, 6.07) is 13.1. The molecule has 27 heavy (non-hydrogen) atoms. The van der Waals surface area contributed by atoms with Gasteiger partial charge in [0, 0.05) is 24.2 Å². The van der Waals surface area contributed by atoms with Crippen LogP contribution in [0.5, 0.6) is 0 Å². The van der Waals surface area contributed by atoms with Crippen molar-refractivity contribution < 1.29 is 14.5 Å². The molecular formula is C18H21ClN4O4. The lowest BCUT2D eigenvalue weighted by molar-refractivity contribution is -0.384. The molecule has 2 atom stereocenters. The molecule has 144 valence electrons. The van der Waals surface area contributed by atoms with Gasteiger partial charge in [0.2, 0.25) is 11.8 Å². The predicted molar refractivity (Wildman–Crippen MR) is 105 cm³/mol. The van der Waals surface area contributed by atoms with E-state index in [9.17, 15) is 19.7 Å². The predicted octanol–water partition coefficient (Wildman–Crippen LogP) is 2.03. The molecule has 0 aromatic heterocycles. The van der Waals surface area contributed by atoms with Crippen molar-refractivity contribution in [1.82, 2.24) is 5.32 Å². The maximum absolute atomic E-state index is 12.6. The summed E-state index contributed by atoms with van der Waals surface area (Å²) >= 11 is 0. The Kier molecular flexibility index (Phi) is 8.37. The van der Waals surface area contributed by atoms with Crippen LogP contribution in [-0.4, -0.2) is 28.8 Å². The van der Waals surface area contributed by atoms with Crippen LogP contribution in [0.25, 0.3) is 0 Å². The summed E-state index contributed by atoms with van der Waals surface area (Å²) in [6.45, 7) is 1.53. The Labute approximate surface area is 162 Å². The second-order valence-corrected chi connectivity index (χ2v) is 5.83. The van der Waals surface area contributed by atoms with E-state index in [-0.39, 0.29) is 24.5 Å². The fraction of sp³-hybridized carbons (Fsp3) is 0.222. The van der Waals surface area contributed by atoms with Crippen molar-refractivity contribution in [3.05, 3.63) is 70.3 Å². The average molecular weight is 393 g/mol. The third-order valence-corrected chi connectivity index (χ3v) is 3.67. The van der Waals surface area contributed by atoms with E-state index < -0.39 is 28.8 Å². The number of nitro groups is 1. The van der Waals surface area contributed by atoms with Gasteiger partial charge in [0.1, 0.15) is 6.04 Å². The van der Waals surface area contributed by atoms with Crippen molar-refractivity contribution in [3.63, 3.8) is 0 Å². The minimum Gasteiger partial charge on any atom is -0.343 e. The van der Waals surface area contributed by atoms with Crippen LogP contribution in [0.1, 0.15) is 12.5 Å². The number of amides is 2. The number of nitrogens with one attached hydrogen (secondary N) is 2. The van der Waals surface area contributed by atoms with E-state index in [1.807, 2.05) is 30.3 Å². The Morgan fingerprint density at radius 2 is 1.67 bits per heavy atom. The molecule has 0 spiro atoms. The second-order valence-electron chi connectivity index (χ2n) is 5.83. The molecule has 2 aromatic carbocycles. The summed E-state index contributed by atoms with van der Waals surface area (Å²) in [5.74, 6) is -0.874. The zero-order valence-corrected chi connectivity index (χ0v) is 15.4. The second kappa shape index (κ2) is 10.2. The molecule has 8 nitrogen and oxygen atoms in total. The van der Waals surface area contributed by atoms with Gasteiger partial charge < -0.3 is 16.4 Å². The third-order valence-electron chi connectivity index (χ3n) is 3.67. The molecule has 0 radical (unpaired) electrons. The highest BCUT2D eigenvalue weighted by Crippen LogP contribution is 2.16. The highest BCUT2D eigenvalue weighted by atomic mass is 35.5. The van der Waals surface area contributed by atoms with Gasteiger partial charge in [0.05, 0.1) is 11.0 Å². The van der Waals surface area contributed by atoms with Crippen molar-refractivity contribution >= 4 is 35.6 Å². The fourth-order valence-electron chi connectivity index (χ4n) is 2.26. The van der Waals surface area contributed by atoms with Crippen LogP contribution < -0.4 is 16.4 Å². The largest absolute Gasteiger partial charge is 0.343 e. The van der Waals surface area contributed by atoms with Gasteiger partial charge in [-0.3, -0.25) is 19.7 Å². The molecule has 0 unspecified atom stereocenters. The number of carbonyl (C=O) groups excluding carboxylic acids is 2. The summed E-state index contributed by atoms with van der Waals surface area (Å²) in [7, 11) is 0. The Hall–Kier alpha value is -2.97. The molecular weight excluding hydrogens is 372 g/mol. The topological polar surface area (TPSA) is 127 Å². The highest BCUT2D eigenvalue weighted by Gasteiger charge is 2.23. The van der Waals surface area contributed by atoms with E-state index in [0.717, 1.165) is 5.56 Å². The van der Waals surface area contributed by atoms with E-state index in [4.69, 9.17) is 5.73 Å². The van der Waals surface area contributed by atoms with E-state index in [2.05, 4.69) is 10.6 Å². The van der Waals surface area contributed by atoms with Gasteiger partial charge in [0.15, 0.2) is 0 Å². The minimum atomic E-state index is -0.828. The first-order valence-electron chi connectivity index (χ1n) is 8.02. The van der Waals surface area contributed by atoms with Gasteiger partial charge in [-0.15, -0.1) is 12.4 Å². The summed E-state index contributed by atoms with van der Waals surface area (Å²) in [4.78, 5) is 34.7. The molecule has 2 aromatic rings. The number of hydrogen-bond acceptors (Lipinski definition) is 5. The fourth-order valence-corrected chi connectivity index (χ4v) is 2.26. The van der Waals surface area contributed by atoms with Crippen LogP contribution >= 0.6 is 12.4 Å². The average Bonchev–Trinajstić information content (AvgIpc) is 2.62. The summed E-state index contributed by atoms with van der Waals surface area (Å²) in [5.41, 5.74) is 6.77. The monoisotopic (exact) mass is 392 g/mol. The number of non-ortho nitro benzene ring substituents is 1. The van der Waals surface area contributed by atoms with Gasteiger partial charge in [-0.2, -0.15) is 0 Å². The normalized spacial score (nSPS) is 12.2. The van der Waals surface area contributed by atoms with Crippen LogP contribution in [0, 0.1) is 10.1 Å². The molecule has 0 fully saturated rings. The molecule has 2 rings (SSSR count). The van der Waals surface area contributed by atoms with Crippen molar-refractivity contribution in [2.75, 3.05) is 5.32 Å². The lowest BCUT2D eigenvalue weighted by atomic mass is 10.0. The number of benzene rings is 2. The number of rotatable bonds is 7. The molecule has 0 aliphatic rings. The molecule has 0 saturated heterocycles. The number of nitrogens with zero attached hydrogens (tertiary/aromatic N) is 1. The molecule has 0 aliphatic heterocycles. The Morgan fingerprint density at radius 3 is 2.19 bits per heavy atom. The number of hydrogen-bond donors (Lipinski definition) is 3. The van der Waals surface area contributed by atoms with Crippen LogP contribution in [-0.2, 0) is 16.0 Å². The smallest absolute Gasteiger partial charge is 0.269 e. The Bertz CT molecular complexity index is 782. The van der Waals surface area contributed by atoms with E-state index >= 15 is 0 Å². The number of halogens is 1. The first-order valence-corrected chi connectivity index (χ1v) is 8.02. The van der Waals surface area contributed by atoms with Crippen LogP contribution in [0.3, 0.4) is 0 Å². The van der Waals surface area contributed by atoms with E-state index in [0.29, 0.717) is 5.69 Å². The van der Waals surface area contributed by atoms with Gasteiger partial charge in [-0.1, -0.05) is 30.3 Å². The zero-order valence-electron chi connectivity index (χ0n) is 14.6. The Morgan fingerprint density at radius 1 is 1.07 bits per heavy atom. The molecule has 4 N–H and O–H groups in total. The number of carbonyl (C=O) groups is 2. The SMILES string of the molecule is C[C@@H](N)C(=O)N[C@H](Cc1ccccc1)C(=O)Nc1ccc([N+](=O)[O-])cc1.Cl. The van der Waals surface area contributed by atoms with Crippen molar-refractivity contribution in [2.45, 2.75) is 25.4 Å². The van der Waals surface area contributed by atoms with Crippen LogP contribution in [0.15, 0.2) is 54.6 Å². The molecule has 0 saturated carbocycles. The van der Waals surface area contributed by atoms with Gasteiger partial charge in [-0.25, -0.2) is 0 Å². The number of nitrogens with two attached hydrogens (primary N) is 1. The molecule has 0 heterocycles. The molecule has 2 amide bonds. The quantitative estimate of drug-likeness (QED) is 0.490. The lowest BCUT2D eigenvalue weighted by Gasteiger charge is -2.20. The molecule has 0 bridgehead atoms. The van der Waals surface area contributed by atoms with E-state index in [1.54, 1.807) is 0 Å². The minimum absolute atomic E-state index is 0. The number of anilines is 1. The summed E-state index contributed by atoms with van der Waals surface area (Å²) < 4.78 is 0. The van der Waals surface area contributed by atoms with Crippen LogP contribution in [0.4, 0.5) is 11.4 Å². The number of nitro benzene ring substituents is 1. The Balaban J connectivity index is 0.00000364. The van der Waals surface area contributed by atoms with Gasteiger partial charge >= 0.3 is 0 Å². The third kappa shape index (κ3) is 6.69. The maximum Gasteiger partial charge on any atom is 0.269 e. The van der Waals surface area contributed by atoms with Crippen molar-refractivity contribution in [3.8, 4) is 0 Å². The molecule has 9 heteroatoms. The first kappa shape index (κ1) is 22.1.